The smallest absolute Gasteiger partial charge is 0.230 e. The molecule has 1 aromatic rings. The lowest BCUT2D eigenvalue weighted by Crippen LogP contribution is -2.39. The molecule has 0 bridgehead atoms. The SMILES string of the molecule is CC(C)CC1(C(=O)Nc2ccccc2S)CCCCC1. The van der Waals surface area contributed by atoms with E-state index < -0.39 is 0 Å². The van der Waals surface area contributed by atoms with Crippen LogP contribution in [-0.4, -0.2) is 5.91 Å². The maximum Gasteiger partial charge on any atom is 0.230 e. The molecule has 0 spiro atoms. The van der Waals surface area contributed by atoms with Gasteiger partial charge in [-0.2, -0.15) is 0 Å². The molecule has 1 aromatic carbocycles. The molecule has 2 rings (SSSR count). The molecule has 1 aliphatic carbocycles. The predicted octanol–water partition coefficient (Wildman–Crippen LogP) is 4.91. The number of nitrogens with one attached hydrogen (secondary N) is 1. The third-order valence-corrected chi connectivity index (χ3v) is 4.63. The molecule has 3 heteroatoms. The molecule has 1 N–H and O–H groups in total. The molecule has 1 fully saturated rings. The number of carbonyl (C=O) groups is 1. The average molecular weight is 291 g/mol. The zero-order chi connectivity index (χ0) is 14.6. The third kappa shape index (κ3) is 3.57. The molecule has 0 aliphatic heterocycles. The van der Waals surface area contributed by atoms with E-state index in [0.29, 0.717) is 5.92 Å². The molecule has 2 nitrogen and oxygen atoms in total. The van der Waals surface area contributed by atoms with Crippen molar-refractivity contribution in [1.29, 1.82) is 0 Å². The van der Waals surface area contributed by atoms with Gasteiger partial charge >= 0.3 is 0 Å². The topological polar surface area (TPSA) is 29.1 Å². The Labute approximate surface area is 127 Å². The zero-order valence-corrected chi connectivity index (χ0v) is 13.4. The highest BCUT2D eigenvalue weighted by atomic mass is 32.1. The fraction of sp³-hybridized carbons (Fsp3) is 0.588. The zero-order valence-electron chi connectivity index (χ0n) is 12.5. The molecule has 0 unspecified atom stereocenters. The number of benzene rings is 1. The minimum Gasteiger partial charge on any atom is -0.325 e. The monoisotopic (exact) mass is 291 g/mol. The molecule has 0 aromatic heterocycles. The molecule has 0 saturated heterocycles. The second kappa shape index (κ2) is 6.66. The van der Waals surface area contributed by atoms with Crippen LogP contribution in [0, 0.1) is 11.3 Å². The van der Waals surface area contributed by atoms with Gasteiger partial charge in [-0.1, -0.05) is 45.2 Å². The van der Waals surface area contributed by atoms with E-state index in [1.165, 1.54) is 19.3 Å². The second-order valence-electron chi connectivity index (χ2n) is 6.41. The van der Waals surface area contributed by atoms with Crippen molar-refractivity contribution in [3.8, 4) is 0 Å². The predicted molar refractivity (Wildman–Crippen MR) is 87.3 cm³/mol. The van der Waals surface area contributed by atoms with Crippen LogP contribution in [0.25, 0.3) is 0 Å². The fourth-order valence-corrected chi connectivity index (χ4v) is 3.58. The summed E-state index contributed by atoms with van der Waals surface area (Å²) in [6, 6.07) is 7.70. The van der Waals surface area contributed by atoms with E-state index in [1.54, 1.807) is 0 Å². The first-order valence-corrected chi connectivity index (χ1v) is 8.08. The van der Waals surface area contributed by atoms with E-state index in [-0.39, 0.29) is 11.3 Å². The molecular formula is C17H25NOS. The van der Waals surface area contributed by atoms with E-state index in [9.17, 15) is 4.79 Å². The Morgan fingerprint density at radius 3 is 2.50 bits per heavy atom. The van der Waals surface area contributed by atoms with Gasteiger partial charge in [0, 0.05) is 10.3 Å². The summed E-state index contributed by atoms with van der Waals surface area (Å²) >= 11 is 4.42. The number of carbonyl (C=O) groups excluding carboxylic acids is 1. The third-order valence-electron chi connectivity index (χ3n) is 4.24. The quantitative estimate of drug-likeness (QED) is 0.758. The Bertz CT molecular complexity index is 464. The fourth-order valence-electron chi connectivity index (χ4n) is 3.37. The van der Waals surface area contributed by atoms with Gasteiger partial charge in [-0.3, -0.25) is 4.79 Å². The number of amides is 1. The summed E-state index contributed by atoms with van der Waals surface area (Å²) in [6.45, 7) is 4.41. The lowest BCUT2D eigenvalue weighted by atomic mass is 9.68. The summed E-state index contributed by atoms with van der Waals surface area (Å²) in [6.07, 6.45) is 6.62. The summed E-state index contributed by atoms with van der Waals surface area (Å²) in [5.74, 6) is 0.734. The van der Waals surface area contributed by atoms with Crippen LogP contribution in [0.2, 0.25) is 0 Å². The highest BCUT2D eigenvalue weighted by Crippen LogP contribution is 2.42. The Morgan fingerprint density at radius 1 is 1.25 bits per heavy atom. The van der Waals surface area contributed by atoms with Gasteiger partial charge < -0.3 is 5.32 Å². The van der Waals surface area contributed by atoms with Crippen LogP contribution < -0.4 is 5.32 Å². The Morgan fingerprint density at radius 2 is 1.90 bits per heavy atom. The summed E-state index contributed by atoms with van der Waals surface area (Å²) in [7, 11) is 0. The molecule has 20 heavy (non-hydrogen) atoms. The number of anilines is 1. The van der Waals surface area contributed by atoms with Crippen molar-refractivity contribution in [1.82, 2.24) is 0 Å². The van der Waals surface area contributed by atoms with Crippen LogP contribution >= 0.6 is 12.6 Å². The first kappa shape index (κ1) is 15.4. The Kier molecular flexibility index (Phi) is 5.14. The number of hydrogen-bond donors (Lipinski definition) is 2. The minimum absolute atomic E-state index is 0.178. The van der Waals surface area contributed by atoms with Crippen molar-refractivity contribution in [2.24, 2.45) is 11.3 Å². The van der Waals surface area contributed by atoms with Crippen molar-refractivity contribution in [3.05, 3.63) is 24.3 Å². The lowest BCUT2D eigenvalue weighted by Gasteiger charge is -2.37. The van der Waals surface area contributed by atoms with Crippen LogP contribution in [0.15, 0.2) is 29.2 Å². The second-order valence-corrected chi connectivity index (χ2v) is 6.89. The van der Waals surface area contributed by atoms with Gasteiger partial charge in [0.05, 0.1) is 5.69 Å². The van der Waals surface area contributed by atoms with E-state index in [0.717, 1.165) is 29.8 Å². The van der Waals surface area contributed by atoms with E-state index in [4.69, 9.17) is 0 Å². The molecular weight excluding hydrogens is 266 g/mol. The summed E-state index contributed by atoms with van der Waals surface area (Å²) in [5.41, 5.74) is 0.650. The van der Waals surface area contributed by atoms with E-state index in [1.807, 2.05) is 24.3 Å². The standard InChI is InChI=1S/C17H25NOS/c1-13(2)12-17(10-6-3-7-11-17)16(19)18-14-8-4-5-9-15(14)20/h4-5,8-9,13,20H,3,6-7,10-12H2,1-2H3,(H,18,19). The Hall–Kier alpha value is -0.960. The summed E-state index contributed by atoms with van der Waals surface area (Å²) in [5, 5.41) is 3.11. The first-order valence-electron chi connectivity index (χ1n) is 7.63. The minimum atomic E-state index is -0.178. The van der Waals surface area contributed by atoms with Gasteiger partial charge in [0.15, 0.2) is 0 Å². The van der Waals surface area contributed by atoms with E-state index in [2.05, 4.69) is 31.8 Å². The van der Waals surface area contributed by atoms with Gasteiger partial charge in [-0.05, 0) is 37.3 Å². The maximum absolute atomic E-state index is 12.8. The van der Waals surface area contributed by atoms with Crippen LogP contribution in [0.5, 0.6) is 0 Å². The van der Waals surface area contributed by atoms with E-state index >= 15 is 0 Å². The normalized spacial score (nSPS) is 18.0. The summed E-state index contributed by atoms with van der Waals surface area (Å²) in [4.78, 5) is 13.7. The number of para-hydroxylation sites is 1. The van der Waals surface area contributed by atoms with Crippen LogP contribution in [0.1, 0.15) is 52.4 Å². The lowest BCUT2D eigenvalue weighted by molar-refractivity contribution is -0.128. The molecule has 0 heterocycles. The molecule has 110 valence electrons. The van der Waals surface area contributed by atoms with Crippen molar-refractivity contribution >= 4 is 24.2 Å². The summed E-state index contributed by atoms with van der Waals surface area (Å²) < 4.78 is 0. The average Bonchev–Trinajstić information content (AvgIpc) is 2.41. The number of thiol groups is 1. The van der Waals surface area contributed by atoms with Gasteiger partial charge in [0.25, 0.3) is 0 Å². The van der Waals surface area contributed by atoms with Gasteiger partial charge in [-0.15, -0.1) is 12.6 Å². The van der Waals surface area contributed by atoms with Crippen molar-refractivity contribution in [2.75, 3.05) is 5.32 Å². The molecule has 1 saturated carbocycles. The van der Waals surface area contributed by atoms with Gasteiger partial charge in [0.2, 0.25) is 5.91 Å². The number of hydrogen-bond acceptors (Lipinski definition) is 2. The van der Waals surface area contributed by atoms with Crippen molar-refractivity contribution < 1.29 is 4.79 Å². The molecule has 0 radical (unpaired) electrons. The van der Waals surface area contributed by atoms with Crippen LogP contribution in [0.3, 0.4) is 0 Å². The largest absolute Gasteiger partial charge is 0.325 e. The first-order chi connectivity index (χ1) is 9.53. The number of rotatable bonds is 4. The van der Waals surface area contributed by atoms with Gasteiger partial charge in [-0.25, -0.2) is 0 Å². The van der Waals surface area contributed by atoms with Gasteiger partial charge in [0.1, 0.15) is 0 Å². The highest BCUT2D eigenvalue weighted by molar-refractivity contribution is 7.80. The Balaban J connectivity index is 2.16. The highest BCUT2D eigenvalue weighted by Gasteiger charge is 2.39. The molecule has 1 aliphatic rings. The van der Waals surface area contributed by atoms with Crippen LogP contribution in [0.4, 0.5) is 5.69 Å². The van der Waals surface area contributed by atoms with Crippen molar-refractivity contribution in [2.45, 2.75) is 57.3 Å². The maximum atomic E-state index is 12.8. The van der Waals surface area contributed by atoms with Crippen molar-refractivity contribution in [3.63, 3.8) is 0 Å². The molecule has 0 atom stereocenters. The molecule has 1 amide bonds. The van der Waals surface area contributed by atoms with Crippen LogP contribution in [-0.2, 0) is 4.79 Å².